The molecule has 0 N–H and O–H groups in total. The van der Waals surface area contributed by atoms with Crippen molar-refractivity contribution in [1.29, 1.82) is 5.26 Å². The van der Waals surface area contributed by atoms with Gasteiger partial charge in [0.25, 0.3) is 0 Å². The summed E-state index contributed by atoms with van der Waals surface area (Å²) >= 11 is 0. The van der Waals surface area contributed by atoms with Crippen LogP contribution in [0.5, 0.6) is 5.75 Å². The standard InChI is InChI=1S/C18H17NO3/c1-21-15-10-8-14(9-11-15)17(13-6-4-3-5-7-13)16(12-19)18(20)22-2/h4,6-11H,3,5H2,1-2H3/b17-16+. The topological polar surface area (TPSA) is 59.3 Å². The number of rotatable bonds is 4. The summed E-state index contributed by atoms with van der Waals surface area (Å²) in [5, 5.41) is 9.41. The number of allylic oxidation sites excluding steroid dienone is 5. The van der Waals surface area contributed by atoms with Crippen molar-refractivity contribution in [2.45, 2.75) is 12.8 Å². The van der Waals surface area contributed by atoms with Gasteiger partial charge in [0.05, 0.1) is 14.2 Å². The Morgan fingerprint density at radius 2 is 1.91 bits per heavy atom. The molecule has 0 amide bonds. The molecule has 0 saturated heterocycles. The summed E-state index contributed by atoms with van der Waals surface area (Å²) in [6.07, 6.45) is 7.83. The van der Waals surface area contributed by atoms with Crippen molar-refractivity contribution in [3.8, 4) is 11.8 Å². The Morgan fingerprint density at radius 3 is 2.41 bits per heavy atom. The number of ether oxygens (including phenoxy) is 2. The maximum absolute atomic E-state index is 11.9. The van der Waals surface area contributed by atoms with E-state index >= 15 is 0 Å². The molecule has 0 aromatic heterocycles. The summed E-state index contributed by atoms with van der Waals surface area (Å²) in [6.45, 7) is 0. The molecule has 0 radical (unpaired) electrons. The molecule has 4 nitrogen and oxygen atoms in total. The van der Waals surface area contributed by atoms with Gasteiger partial charge < -0.3 is 9.47 Å². The predicted octanol–water partition coefficient (Wildman–Crippen LogP) is 3.42. The molecule has 0 fully saturated rings. The van der Waals surface area contributed by atoms with Crippen LogP contribution in [0.3, 0.4) is 0 Å². The van der Waals surface area contributed by atoms with E-state index in [4.69, 9.17) is 9.47 Å². The van der Waals surface area contributed by atoms with Crippen LogP contribution in [0, 0.1) is 11.3 Å². The van der Waals surface area contributed by atoms with Crippen LogP contribution in [-0.4, -0.2) is 20.2 Å². The number of esters is 1. The Balaban J connectivity index is 2.61. The van der Waals surface area contributed by atoms with Crippen LogP contribution in [0.15, 0.2) is 53.6 Å². The molecule has 1 aromatic carbocycles. The Morgan fingerprint density at radius 1 is 1.18 bits per heavy atom. The number of carbonyl (C=O) groups excluding carboxylic acids is 1. The number of hydrogen-bond acceptors (Lipinski definition) is 4. The van der Waals surface area contributed by atoms with Gasteiger partial charge in [0.2, 0.25) is 0 Å². The Labute approximate surface area is 130 Å². The third kappa shape index (κ3) is 3.26. The number of nitrogens with zero attached hydrogens (tertiary/aromatic N) is 1. The van der Waals surface area contributed by atoms with E-state index in [2.05, 4.69) is 0 Å². The van der Waals surface area contributed by atoms with Gasteiger partial charge >= 0.3 is 5.97 Å². The van der Waals surface area contributed by atoms with E-state index in [1.165, 1.54) is 7.11 Å². The maximum Gasteiger partial charge on any atom is 0.349 e. The Bertz CT molecular complexity index is 688. The second-order valence-electron chi connectivity index (χ2n) is 4.72. The lowest BCUT2D eigenvalue weighted by Gasteiger charge is -2.14. The van der Waals surface area contributed by atoms with Gasteiger partial charge in [-0.3, -0.25) is 0 Å². The van der Waals surface area contributed by atoms with E-state index in [0.29, 0.717) is 11.3 Å². The number of hydrogen-bond donors (Lipinski definition) is 0. The molecule has 22 heavy (non-hydrogen) atoms. The van der Waals surface area contributed by atoms with Crippen molar-refractivity contribution >= 4 is 11.5 Å². The number of carbonyl (C=O) groups is 1. The van der Waals surface area contributed by atoms with Crippen molar-refractivity contribution in [3.05, 3.63) is 59.2 Å². The first-order valence-electron chi connectivity index (χ1n) is 6.95. The molecule has 2 rings (SSSR count). The van der Waals surface area contributed by atoms with E-state index in [1.54, 1.807) is 19.2 Å². The molecule has 0 unspecified atom stereocenters. The van der Waals surface area contributed by atoms with Crippen LogP contribution >= 0.6 is 0 Å². The van der Waals surface area contributed by atoms with Gasteiger partial charge in [0.1, 0.15) is 17.4 Å². The van der Waals surface area contributed by atoms with Crippen molar-refractivity contribution < 1.29 is 14.3 Å². The molecule has 0 saturated carbocycles. The summed E-state index contributed by atoms with van der Waals surface area (Å²) in [5.74, 6) is 0.0843. The molecule has 0 heterocycles. The Hall–Kier alpha value is -2.80. The second kappa shape index (κ2) is 7.28. The lowest BCUT2D eigenvalue weighted by atomic mass is 9.90. The second-order valence-corrected chi connectivity index (χ2v) is 4.72. The van der Waals surface area contributed by atoms with Crippen LogP contribution < -0.4 is 4.74 Å². The zero-order valence-corrected chi connectivity index (χ0v) is 12.6. The van der Waals surface area contributed by atoms with Crippen LogP contribution in [0.2, 0.25) is 0 Å². The zero-order valence-electron chi connectivity index (χ0n) is 12.6. The van der Waals surface area contributed by atoms with Gasteiger partial charge in [0.15, 0.2) is 0 Å². The van der Waals surface area contributed by atoms with Gasteiger partial charge in [-0.25, -0.2) is 4.79 Å². The average molecular weight is 295 g/mol. The van der Waals surface area contributed by atoms with Crippen LogP contribution in [0.25, 0.3) is 5.57 Å². The number of methoxy groups -OCH3 is 2. The Kier molecular flexibility index (Phi) is 5.16. The first-order chi connectivity index (χ1) is 10.7. The van der Waals surface area contributed by atoms with Gasteiger partial charge in [-0.15, -0.1) is 0 Å². The minimum atomic E-state index is -0.631. The van der Waals surface area contributed by atoms with E-state index < -0.39 is 5.97 Å². The third-order valence-corrected chi connectivity index (χ3v) is 3.41. The highest BCUT2D eigenvalue weighted by Crippen LogP contribution is 2.31. The quantitative estimate of drug-likeness (QED) is 0.485. The monoisotopic (exact) mass is 295 g/mol. The highest BCUT2D eigenvalue weighted by atomic mass is 16.5. The first-order valence-corrected chi connectivity index (χ1v) is 6.95. The minimum absolute atomic E-state index is 0.00506. The highest BCUT2D eigenvalue weighted by molar-refractivity contribution is 6.05. The lowest BCUT2D eigenvalue weighted by molar-refractivity contribution is -0.135. The molecular formula is C18H17NO3. The van der Waals surface area contributed by atoms with Crippen molar-refractivity contribution in [2.75, 3.05) is 14.2 Å². The number of benzene rings is 1. The van der Waals surface area contributed by atoms with Crippen molar-refractivity contribution in [3.63, 3.8) is 0 Å². The smallest absolute Gasteiger partial charge is 0.349 e. The van der Waals surface area contributed by atoms with Crippen molar-refractivity contribution in [1.82, 2.24) is 0 Å². The van der Waals surface area contributed by atoms with Crippen LogP contribution in [0.1, 0.15) is 18.4 Å². The predicted molar refractivity (Wildman–Crippen MR) is 84.0 cm³/mol. The maximum atomic E-state index is 11.9. The third-order valence-electron chi connectivity index (χ3n) is 3.41. The van der Waals surface area contributed by atoms with E-state index in [-0.39, 0.29) is 5.57 Å². The molecule has 0 aliphatic heterocycles. The normalized spacial score (nSPS) is 14.5. The van der Waals surface area contributed by atoms with Gasteiger partial charge in [-0.2, -0.15) is 5.26 Å². The summed E-state index contributed by atoms with van der Waals surface area (Å²) in [6, 6.07) is 9.24. The van der Waals surface area contributed by atoms with Crippen molar-refractivity contribution in [2.24, 2.45) is 0 Å². The van der Waals surface area contributed by atoms with Gasteiger partial charge in [-0.05, 0) is 36.1 Å². The SMILES string of the molecule is COC(=O)/C(C#N)=C(\C1=CCCC=C1)c1ccc(OC)cc1. The molecule has 0 bridgehead atoms. The molecule has 1 aliphatic rings. The lowest BCUT2D eigenvalue weighted by Crippen LogP contribution is -2.07. The summed E-state index contributed by atoms with van der Waals surface area (Å²) in [4.78, 5) is 11.9. The molecule has 1 aromatic rings. The summed E-state index contributed by atoms with van der Waals surface area (Å²) in [7, 11) is 2.86. The first kappa shape index (κ1) is 15.6. The largest absolute Gasteiger partial charge is 0.497 e. The molecule has 4 heteroatoms. The highest BCUT2D eigenvalue weighted by Gasteiger charge is 2.20. The molecule has 1 aliphatic carbocycles. The zero-order chi connectivity index (χ0) is 15.9. The average Bonchev–Trinajstić information content (AvgIpc) is 2.60. The van der Waals surface area contributed by atoms with E-state index in [0.717, 1.165) is 24.0 Å². The molecule has 112 valence electrons. The van der Waals surface area contributed by atoms with E-state index in [1.807, 2.05) is 36.4 Å². The van der Waals surface area contributed by atoms with Crippen LogP contribution in [-0.2, 0) is 9.53 Å². The molecule has 0 atom stereocenters. The fourth-order valence-corrected chi connectivity index (χ4v) is 2.32. The van der Waals surface area contributed by atoms with E-state index in [9.17, 15) is 10.1 Å². The summed E-state index contributed by atoms with van der Waals surface area (Å²) < 4.78 is 9.89. The number of nitriles is 1. The fourth-order valence-electron chi connectivity index (χ4n) is 2.32. The van der Waals surface area contributed by atoms with Crippen LogP contribution in [0.4, 0.5) is 0 Å². The molecule has 0 spiro atoms. The minimum Gasteiger partial charge on any atom is -0.497 e. The van der Waals surface area contributed by atoms with Gasteiger partial charge in [-0.1, -0.05) is 30.4 Å². The fraction of sp³-hybridized carbons (Fsp3) is 0.222. The molecular weight excluding hydrogens is 278 g/mol. The summed E-state index contributed by atoms with van der Waals surface area (Å²) in [5.41, 5.74) is 2.23. The van der Waals surface area contributed by atoms with Gasteiger partial charge in [0, 0.05) is 5.57 Å².